The van der Waals surface area contributed by atoms with Gasteiger partial charge in [-0.1, -0.05) is 36.4 Å². The van der Waals surface area contributed by atoms with Gasteiger partial charge in [0.25, 0.3) is 5.91 Å². The van der Waals surface area contributed by atoms with Crippen molar-refractivity contribution in [2.75, 3.05) is 5.32 Å². The Balaban J connectivity index is 1.78. The topological polar surface area (TPSA) is 41.1 Å². The third kappa shape index (κ3) is 3.99. The van der Waals surface area contributed by atoms with Gasteiger partial charge in [-0.15, -0.1) is 0 Å². The SMILES string of the molecule is Cc1cc(NC(=S)NC(=O)c2cccc3ccccc23)cc(C)c1I. The molecule has 2 N–H and O–H groups in total. The Bertz CT molecular complexity index is 956. The highest BCUT2D eigenvalue weighted by Crippen LogP contribution is 2.22. The highest BCUT2D eigenvalue weighted by molar-refractivity contribution is 14.1. The number of carbonyl (C=O) groups excluding carboxylic acids is 1. The lowest BCUT2D eigenvalue weighted by molar-refractivity contribution is 0.0979. The summed E-state index contributed by atoms with van der Waals surface area (Å²) in [6.45, 7) is 4.11. The standard InChI is InChI=1S/C20H17IN2OS/c1-12-10-15(11-13(2)18(12)21)22-20(25)23-19(24)17-9-5-7-14-6-3-4-8-16(14)17/h3-11H,1-2H3,(H2,22,23,24,25). The van der Waals surface area contributed by atoms with Gasteiger partial charge in [0.05, 0.1) is 0 Å². The number of hydrogen-bond acceptors (Lipinski definition) is 2. The number of hydrogen-bond donors (Lipinski definition) is 2. The summed E-state index contributed by atoms with van der Waals surface area (Å²) in [5.74, 6) is -0.215. The van der Waals surface area contributed by atoms with E-state index >= 15 is 0 Å². The van der Waals surface area contributed by atoms with E-state index in [1.54, 1.807) is 6.07 Å². The molecule has 0 aromatic heterocycles. The molecule has 3 aromatic rings. The molecular formula is C20H17IN2OS. The Hall–Kier alpha value is -1.99. The lowest BCUT2D eigenvalue weighted by Gasteiger charge is -2.13. The zero-order valence-corrected chi connectivity index (χ0v) is 16.9. The van der Waals surface area contributed by atoms with Crippen LogP contribution in [0.2, 0.25) is 0 Å². The molecule has 25 heavy (non-hydrogen) atoms. The molecule has 0 aliphatic rings. The summed E-state index contributed by atoms with van der Waals surface area (Å²) >= 11 is 7.63. The number of amides is 1. The van der Waals surface area contributed by atoms with Crippen LogP contribution in [-0.2, 0) is 0 Å². The molecule has 0 bridgehead atoms. The van der Waals surface area contributed by atoms with Gasteiger partial charge < -0.3 is 5.32 Å². The van der Waals surface area contributed by atoms with Crippen molar-refractivity contribution in [1.29, 1.82) is 0 Å². The third-order valence-corrected chi connectivity index (χ3v) is 5.86. The average Bonchev–Trinajstić information content (AvgIpc) is 2.59. The Morgan fingerprint density at radius 1 is 1.00 bits per heavy atom. The van der Waals surface area contributed by atoms with Crippen LogP contribution in [-0.4, -0.2) is 11.0 Å². The first-order chi connectivity index (χ1) is 12.0. The molecule has 0 aliphatic carbocycles. The second-order valence-electron chi connectivity index (χ2n) is 5.86. The minimum atomic E-state index is -0.215. The van der Waals surface area contributed by atoms with Crippen molar-refractivity contribution in [3.05, 3.63) is 74.9 Å². The summed E-state index contributed by atoms with van der Waals surface area (Å²) in [7, 11) is 0. The number of thiocarbonyl (C=S) groups is 1. The molecule has 3 aromatic carbocycles. The lowest BCUT2D eigenvalue weighted by atomic mass is 10.0. The number of rotatable bonds is 2. The molecule has 126 valence electrons. The van der Waals surface area contributed by atoms with Crippen LogP contribution in [0, 0.1) is 17.4 Å². The predicted molar refractivity (Wildman–Crippen MR) is 116 cm³/mol. The molecule has 3 rings (SSSR count). The molecule has 1 amide bonds. The van der Waals surface area contributed by atoms with Gasteiger partial charge in [0.15, 0.2) is 5.11 Å². The first kappa shape index (κ1) is 17.8. The maximum atomic E-state index is 12.6. The molecule has 0 fully saturated rings. The third-order valence-electron chi connectivity index (χ3n) is 3.96. The number of fused-ring (bicyclic) bond motifs is 1. The summed E-state index contributed by atoms with van der Waals surface area (Å²) in [5, 5.41) is 8.09. The van der Waals surface area contributed by atoms with Crippen molar-refractivity contribution >= 4 is 62.3 Å². The number of carbonyl (C=O) groups is 1. The van der Waals surface area contributed by atoms with Crippen LogP contribution in [0.3, 0.4) is 0 Å². The fourth-order valence-electron chi connectivity index (χ4n) is 2.77. The minimum absolute atomic E-state index is 0.215. The van der Waals surface area contributed by atoms with E-state index in [9.17, 15) is 4.79 Å². The number of aryl methyl sites for hydroxylation is 2. The smallest absolute Gasteiger partial charge is 0.258 e. The molecule has 0 aliphatic heterocycles. The van der Waals surface area contributed by atoms with E-state index in [0.29, 0.717) is 5.56 Å². The summed E-state index contributed by atoms with van der Waals surface area (Å²) < 4.78 is 1.23. The van der Waals surface area contributed by atoms with Crippen molar-refractivity contribution in [3.63, 3.8) is 0 Å². The first-order valence-corrected chi connectivity index (χ1v) is 9.31. The van der Waals surface area contributed by atoms with Crippen LogP contribution in [0.15, 0.2) is 54.6 Å². The van der Waals surface area contributed by atoms with Crippen molar-refractivity contribution in [3.8, 4) is 0 Å². The van der Waals surface area contributed by atoms with Crippen molar-refractivity contribution < 1.29 is 4.79 Å². The molecule has 5 heteroatoms. The maximum absolute atomic E-state index is 12.6. The quantitative estimate of drug-likeness (QED) is 0.409. The molecule has 0 spiro atoms. The fourth-order valence-corrected chi connectivity index (χ4v) is 3.30. The van der Waals surface area contributed by atoms with Crippen LogP contribution in [0.1, 0.15) is 21.5 Å². The second kappa shape index (κ2) is 7.49. The van der Waals surface area contributed by atoms with E-state index in [4.69, 9.17) is 12.2 Å². The van der Waals surface area contributed by atoms with Crippen LogP contribution >= 0.6 is 34.8 Å². The van der Waals surface area contributed by atoms with Gasteiger partial charge >= 0.3 is 0 Å². The van der Waals surface area contributed by atoms with E-state index in [2.05, 4.69) is 47.1 Å². The molecule has 0 atom stereocenters. The Labute approximate surface area is 166 Å². The van der Waals surface area contributed by atoms with E-state index in [-0.39, 0.29) is 11.0 Å². The molecule has 0 unspecified atom stereocenters. The van der Waals surface area contributed by atoms with E-state index < -0.39 is 0 Å². The van der Waals surface area contributed by atoms with E-state index in [0.717, 1.165) is 16.5 Å². The predicted octanol–water partition coefficient (Wildman–Crippen LogP) is 5.19. The molecule has 3 nitrogen and oxygen atoms in total. The van der Waals surface area contributed by atoms with E-state index in [1.807, 2.05) is 48.5 Å². The van der Waals surface area contributed by atoms with Crippen LogP contribution in [0.25, 0.3) is 10.8 Å². The summed E-state index contributed by atoms with van der Waals surface area (Å²) in [6, 6.07) is 17.5. The Morgan fingerprint density at radius 3 is 2.36 bits per heavy atom. The fraction of sp³-hybridized carbons (Fsp3) is 0.100. The molecule has 0 saturated heterocycles. The molecule has 0 heterocycles. The lowest BCUT2D eigenvalue weighted by Crippen LogP contribution is -2.34. The Morgan fingerprint density at radius 2 is 1.64 bits per heavy atom. The van der Waals surface area contributed by atoms with Gasteiger partial charge in [-0.25, -0.2) is 0 Å². The van der Waals surface area contributed by atoms with Crippen LogP contribution in [0.5, 0.6) is 0 Å². The maximum Gasteiger partial charge on any atom is 0.258 e. The molecule has 0 saturated carbocycles. The van der Waals surface area contributed by atoms with Gasteiger partial charge in [-0.3, -0.25) is 10.1 Å². The zero-order valence-electron chi connectivity index (χ0n) is 13.9. The largest absolute Gasteiger partial charge is 0.332 e. The van der Waals surface area contributed by atoms with Crippen LogP contribution < -0.4 is 10.6 Å². The normalized spacial score (nSPS) is 10.5. The monoisotopic (exact) mass is 460 g/mol. The summed E-state index contributed by atoms with van der Waals surface area (Å²) in [5.41, 5.74) is 3.83. The van der Waals surface area contributed by atoms with Gasteiger partial charge in [0.1, 0.15) is 0 Å². The second-order valence-corrected chi connectivity index (χ2v) is 7.35. The van der Waals surface area contributed by atoms with Gasteiger partial charge in [-0.2, -0.15) is 0 Å². The van der Waals surface area contributed by atoms with E-state index in [1.165, 1.54) is 14.7 Å². The summed E-state index contributed by atoms with van der Waals surface area (Å²) in [4.78, 5) is 12.6. The van der Waals surface area contributed by atoms with Crippen LogP contribution in [0.4, 0.5) is 5.69 Å². The highest BCUT2D eigenvalue weighted by atomic mass is 127. The van der Waals surface area contributed by atoms with Gasteiger partial charge in [-0.05, 0) is 88.8 Å². The number of halogens is 1. The zero-order chi connectivity index (χ0) is 18.0. The number of nitrogens with one attached hydrogen (secondary N) is 2. The number of benzene rings is 3. The first-order valence-electron chi connectivity index (χ1n) is 7.82. The van der Waals surface area contributed by atoms with Gasteiger partial charge in [0, 0.05) is 14.8 Å². The van der Waals surface area contributed by atoms with Crippen molar-refractivity contribution in [1.82, 2.24) is 5.32 Å². The minimum Gasteiger partial charge on any atom is -0.332 e. The molecule has 0 radical (unpaired) electrons. The van der Waals surface area contributed by atoms with Gasteiger partial charge in [0.2, 0.25) is 0 Å². The van der Waals surface area contributed by atoms with Crippen molar-refractivity contribution in [2.24, 2.45) is 0 Å². The molecular weight excluding hydrogens is 443 g/mol. The Kier molecular flexibility index (Phi) is 5.34. The highest BCUT2D eigenvalue weighted by Gasteiger charge is 2.12. The average molecular weight is 460 g/mol. The summed E-state index contributed by atoms with van der Waals surface area (Å²) in [6.07, 6.45) is 0. The van der Waals surface area contributed by atoms with Crippen molar-refractivity contribution in [2.45, 2.75) is 13.8 Å². The number of anilines is 1.